The van der Waals surface area contributed by atoms with E-state index in [-0.39, 0.29) is 13.2 Å². The Balaban J connectivity index is 1.52. The van der Waals surface area contributed by atoms with Crippen LogP contribution in [0, 0.1) is 13.8 Å². The summed E-state index contributed by atoms with van der Waals surface area (Å²) in [6.07, 6.45) is 1.98. The third-order valence-electron chi connectivity index (χ3n) is 4.34. The fraction of sp³-hybridized carbons (Fsp3) is 0.227. The molecular weight excluding hydrogens is 404 g/mol. The molecule has 0 spiro atoms. The van der Waals surface area contributed by atoms with Gasteiger partial charge in [0, 0.05) is 10.6 Å². The molecule has 0 aliphatic carbocycles. The Morgan fingerprint density at radius 1 is 1.13 bits per heavy atom. The van der Waals surface area contributed by atoms with Crippen LogP contribution in [-0.2, 0) is 16.1 Å². The topological polar surface area (TPSA) is 90.7 Å². The van der Waals surface area contributed by atoms with Crippen molar-refractivity contribution in [3.8, 4) is 5.75 Å². The van der Waals surface area contributed by atoms with Gasteiger partial charge in [0.2, 0.25) is 0 Å². The SMILES string of the molecule is CSc1ccc(NC(=O)COC(=O)c2cccc(OCc3c(C)noc3C)c2)cc1. The van der Waals surface area contributed by atoms with Gasteiger partial charge in [0.05, 0.1) is 16.8 Å². The van der Waals surface area contributed by atoms with Crippen molar-refractivity contribution < 1.29 is 23.6 Å². The minimum Gasteiger partial charge on any atom is -0.489 e. The quantitative estimate of drug-likeness (QED) is 0.422. The fourth-order valence-electron chi connectivity index (χ4n) is 2.66. The average Bonchev–Trinajstić information content (AvgIpc) is 3.08. The Kier molecular flexibility index (Phi) is 7.13. The van der Waals surface area contributed by atoms with Crippen molar-refractivity contribution in [1.82, 2.24) is 5.16 Å². The smallest absolute Gasteiger partial charge is 0.338 e. The van der Waals surface area contributed by atoms with E-state index in [0.717, 1.165) is 16.2 Å². The van der Waals surface area contributed by atoms with Crippen LogP contribution in [0.2, 0.25) is 0 Å². The first kappa shape index (κ1) is 21.4. The molecule has 0 aliphatic heterocycles. The van der Waals surface area contributed by atoms with Gasteiger partial charge in [-0.3, -0.25) is 4.79 Å². The second-order valence-corrected chi connectivity index (χ2v) is 7.35. The highest BCUT2D eigenvalue weighted by atomic mass is 32.2. The minimum atomic E-state index is -0.606. The summed E-state index contributed by atoms with van der Waals surface area (Å²) < 4.78 is 16.0. The number of aromatic nitrogens is 1. The number of anilines is 1. The summed E-state index contributed by atoms with van der Waals surface area (Å²) >= 11 is 1.61. The number of nitrogens with one attached hydrogen (secondary N) is 1. The highest BCUT2D eigenvalue weighted by Crippen LogP contribution is 2.19. The van der Waals surface area contributed by atoms with E-state index in [1.165, 1.54) is 0 Å². The summed E-state index contributed by atoms with van der Waals surface area (Å²) in [5.41, 5.74) is 2.56. The lowest BCUT2D eigenvalue weighted by Crippen LogP contribution is -2.20. The van der Waals surface area contributed by atoms with Crippen molar-refractivity contribution in [2.45, 2.75) is 25.3 Å². The van der Waals surface area contributed by atoms with Gasteiger partial charge in [-0.2, -0.15) is 0 Å². The molecule has 0 unspecified atom stereocenters. The van der Waals surface area contributed by atoms with Crippen molar-refractivity contribution in [3.05, 3.63) is 71.1 Å². The molecule has 1 aromatic heterocycles. The molecule has 0 saturated carbocycles. The van der Waals surface area contributed by atoms with Crippen LogP contribution < -0.4 is 10.1 Å². The van der Waals surface area contributed by atoms with Gasteiger partial charge in [-0.25, -0.2) is 4.79 Å². The maximum absolute atomic E-state index is 12.3. The molecule has 30 heavy (non-hydrogen) atoms. The van der Waals surface area contributed by atoms with Crippen molar-refractivity contribution in [3.63, 3.8) is 0 Å². The lowest BCUT2D eigenvalue weighted by molar-refractivity contribution is -0.119. The predicted octanol–water partition coefficient (Wildman–Crippen LogP) is 4.39. The second kappa shape index (κ2) is 9.98. The molecule has 0 atom stereocenters. The van der Waals surface area contributed by atoms with E-state index < -0.39 is 11.9 Å². The molecule has 7 nitrogen and oxygen atoms in total. The number of carbonyl (C=O) groups excluding carboxylic acids is 2. The fourth-order valence-corrected chi connectivity index (χ4v) is 3.07. The van der Waals surface area contributed by atoms with Crippen molar-refractivity contribution >= 4 is 29.3 Å². The predicted molar refractivity (Wildman–Crippen MR) is 114 cm³/mol. The number of hydrogen-bond acceptors (Lipinski definition) is 7. The lowest BCUT2D eigenvalue weighted by Gasteiger charge is -2.09. The second-order valence-electron chi connectivity index (χ2n) is 6.47. The highest BCUT2D eigenvalue weighted by Gasteiger charge is 2.13. The van der Waals surface area contributed by atoms with E-state index in [4.69, 9.17) is 14.0 Å². The largest absolute Gasteiger partial charge is 0.489 e. The van der Waals surface area contributed by atoms with Gasteiger partial charge in [-0.1, -0.05) is 11.2 Å². The normalized spacial score (nSPS) is 10.5. The summed E-state index contributed by atoms with van der Waals surface area (Å²) in [4.78, 5) is 25.4. The number of ether oxygens (including phenoxy) is 2. The summed E-state index contributed by atoms with van der Waals surface area (Å²) in [6, 6.07) is 14.0. The van der Waals surface area contributed by atoms with Gasteiger partial charge >= 0.3 is 5.97 Å². The molecule has 1 heterocycles. The van der Waals surface area contributed by atoms with Crippen LogP contribution in [0.4, 0.5) is 5.69 Å². The average molecular weight is 426 g/mol. The Labute approximate surface area is 178 Å². The number of esters is 1. The van der Waals surface area contributed by atoms with Crippen molar-refractivity contribution in [2.75, 3.05) is 18.2 Å². The Bertz CT molecular complexity index is 1010. The molecule has 1 amide bonds. The number of thioether (sulfide) groups is 1. The van der Waals surface area contributed by atoms with E-state index in [9.17, 15) is 9.59 Å². The number of hydrogen-bond donors (Lipinski definition) is 1. The number of rotatable bonds is 8. The van der Waals surface area contributed by atoms with E-state index in [0.29, 0.717) is 22.8 Å². The zero-order valence-corrected chi connectivity index (χ0v) is 17.7. The molecule has 3 rings (SSSR count). The molecule has 0 saturated heterocycles. The van der Waals surface area contributed by atoms with Gasteiger partial charge in [-0.05, 0) is 62.6 Å². The van der Waals surface area contributed by atoms with Crippen LogP contribution in [0.15, 0.2) is 57.9 Å². The molecule has 0 radical (unpaired) electrons. The number of benzene rings is 2. The van der Waals surface area contributed by atoms with Crippen LogP contribution in [0.5, 0.6) is 5.75 Å². The van der Waals surface area contributed by atoms with Crippen molar-refractivity contribution in [1.29, 1.82) is 0 Å². The van der Waals surface area contributed by atoms with Crippen LogP contribution >= 0.6 is 11.8 Å². The third kappa shape index (κ3) is 5.64. The van der Waals surface area contributed by atoms with Gasteiger partial charge in [-0.15, -0.1) is 11.8 Å². The zero-order chi connectivity index (χ0) is 21.5. The maximum Gasteiger partial charge on any atom is 0.338 e. The molecule has 8 heteroatoms. The van der Waals surface area contributed by atoms with Gasteiger partial charge in [0.15, 0.2) is 6.61 Å². The van der Waals surface area contributed by atoms with Crippen LogP contribution in [0.3, 0.4) is 0 Å². The van der Waals surface area contributed by atoms with E-state index in [2.05, 4.69) is 10.5 Å². The molecule has 1 N–H and O–H groups in total. The third-order valence-corrected chi connectivity index (χ3v) is 5.09. The summed E-state index contributed by atoms with van der Waals surface area (Å²) in [5.74, 6) is 0.177. The minimum absolute atomic E-state index is 0.275. The maximum atomic E-state index is 12.3. The Hall–Kier alpha value is -3.26. The zero-order valence-electron chi connectivity index (χ0n) is 16.9. The summed E-state index contributed by atoms with van der Waals surface area (Å²) in [5, 5.41) is 6.58. The molecule has 0 aliphatic rings. The monoisotopic (exact) mass is 426 g/mol. The number of aryl methyl sites for hydroxylation is 2. The molecule has 2 aromatic carbocycles. The first-order valence-electron chi connectivity index (χ1n) is 9.22. The summed E-state index contributed by atoms with van der Waals surface area (Å²) in [6.45, 7) is 3.55. The summed E-state index contributed by atoms with van der Waals surface area (Å²) in [7, 11) is 0. The van der Waals surface area contributed by atoms with Gasteiger partial charge in [0.25, 0.3) is 5.91 Å². The molecular formula is C22H22N2O5S. The number of nitrogens with zero attached hydrogens (tertiary/aromatic N) is 1. The number of amides is 1. The number of carbonyl (C=O) groups is 2. The molecule has 156 valence electrons. The molecule has 3 aromatic rings. The van der Waals surface area contributed by atoms with E-state index in [1.807, 2.05) is 32.2 Å². The standard InChI is InChI=1S/C22H22N2O5S/c1-14-20(15(2)29-24-14)12-27-18-6-4-5-16(11-18)22(26)28-13-21(25)23-17-7-9-19(30-3)10-8-17/h4-11H,12-13H2,1-3H3,(H,23,25). The van der Waals surface area contributed by atoms with E-state index in [1.54, 1.807) is 48.2 Å². The van der Waals surface area contributed by atoms with Gasteiger partial charge in [0.1, 0.15) is 18.1 Å². The van der Waals surface area contributed by atoms with Crippen LogP contribution in [-0.4, -0.2) is 29.9 Å². The lowest BCUT2D eigenvalue weighted by atomic mass is 10.2. The Morgan fingerprint density at radius 2 is 1.90 bits per heavy atom. The van der Waals surface area contributed by atoms with Gasteiger partial charge < -0.3 is 19.3 Å². The first-order chi connectivity index (χ1) is 14.5. The molecule has 0 bridgehead atoms. The Morgan fingerprint density at radius 3 is 2.57 bits per heavy atom. The van der Waals surface area contributed by atoms with Crippen LogP contribution in [0.25, 0.3) is 0 Å². The molecule has 0 fully saturated rings. The van der Waals surface area contributed by atoms with Crippen LogP contribution in [0.1, 0.15) is 27.4 Å². The van der Waals surface area contributed by atoms with E-state index >= 15 is 0 Å². The van der Waals surface area contributed by atoms with Crippen molar-refractivity contribution in [2.24, 2.45) is 0 Å². The first-order valence-corrected chi connectivity index (χ1v) is 10.4. The highest BCUT2D eigenvalue weighted by molar-refractivity contribution is 7.98.